The van der Waals surface area contributed by atoms with Gasteiger partial charge < -0.3 is 14.1 Å². The van der Waals surface area contributed by atoms with Crippen LogP contribution in [0.4, 0.5) is 4.79 Å². The standard InChI is InChI=1S/C21H21N5O3/c1-21(2,3)29-20(27)25-9-6-14(7-10-25)16-8-11-26-19(23-16)15(13-22)18(24-26)17-5-4-12-28-17/h4-6,8,11-12H,7,9-10H2,1-3H3. The van der Waals surface area contributed by atoms with E-state index in [4.69, 9.17) is 9.15 Å². The third kappa shape index (κ3) is 3.72. The molecule has 0 spiro atoms. The number of rotatable bonds is 2. The van der Waals surface area contributed by atoms with E-state index in [1.54, 1.807) is 34.0 Å². The molecule has 1 aliphatic heterocycles. The van der Waals surface area contributed by atoms with Gasteiger partial charge in [-0.3, -0.25) is 0 Å². The molecule has 0 atom stereocenters. The first-order chi connectivity index (χ1) is 13.9. The van der Waals surface area contributed by atoms with Crippen LogP contribution in [0.3, 0.4) is 0 Å². The molecule has 0 saturated heterocycles. The van der Waals surface area contributed by atoms with Gasteiger partial charge in [-0.1, -0.05) is 6.08 Å². The van der Waals surface area contributed by atoms with Crippen LogP contribution in [0, 0.1) is 11.3 Å². The maximum Gasteiger partial charge on any atom is 0.410 e. The van der Waals surface area contributed by atoms with E-state index in [9.17, 15) is 10.1 Å². The van der Waals surface area contributed by atoms with Crippen LogP contribution >= 0.6 is 0 Å². The second-order valence-electron chi connectivity index (χ2n) is 7.80. The minimum absolute atomic E-state index is 0.318. The highest BCUT2D eigenvalue weighted by Gasteiger charge is 2.25. The zero-order valence-electron chi connectivity index (χ0n) is 16.5. The molecule has 3 aromatic heterocycles. The second kappa shape index (κ2) is 7.09. The van der Waals surface area contributed by atoms with E-state index in [-0.39, 0.29) is 6.09 Å². The number of carbonyl (C=O) groups is 1. The Balaban J connectivity index is 1.61. The summed E-state index contributed by atoms with van der Waals surface area (Å²) in [4.78, 5) is 18.6. The maximum absolute atomic E-state index is 12.2. The van der Waals surface area contributed by atoms with E-state index in [0.29, 0.717) is 42.2 Å². The van der Waals surface area contributed by atoms with Crippen LogP contribution in [0.15, 0.2) is 41.2 Å². The minimum Gasteiger partial charge on any atom is -0.463 e. The summed E-state index contributed by atoms with van der Waals surface area (Å²) in [5.74, 6) is 0.526. The van der Waals surface area contributed by atoms with Crippen molar-refractivity contribution in [2.24, 2.45) is 0 Å². The van der Waals surface area contributed by atoms with Crippen molar-refractivity contribution in [1.29, 1.82) is 5.26 Å². The molecule has 0 fully saturated rings. The number of carbonyl (C=O) groups excluding carboxylic acids is 1. The zero-order chi connectivity index (χ0) is 20.6. The van der Waals surface area contributed by atoms with Gasteiger partial charge in [0, 0.05) is 19.3 Å². The molecule has 0 aliphatic carbocycles. The predicted octanol–water partition coefficient (Wildman–Crippen LogP) is 3.89. The van der Waals surface area contributed by atoms with Crippen molar-refractivity contribution in [3.05, 3.63) is 48.0 Å². The Morgan fingerprint density at radius 1 is 1.34 bits per heavy atom. The lowest BCUT2D eigenvalue weighted by molar-refractivity contribution is 0.0270. The zero-order valence-corrected chi connectivity index (χ0v) is 16.5. The summed E-state index contributed by atoms with van der Waals surface area (Å²) in [5.41, 5.74) is 2.59. The lowest BCUT2D eigenvalue weighted by Gasteiger charge is -2.29. The van der Waals surface area contributed by atoms with Crippen LogP contribution in [-0.2, 0) is 4.74 Å². The molecule has 8 heteroatoms. The third-order valence-electron chi connectivity index (χ3n) is 4.54. The van der Waals surface area contributed by atoms with E-state index < -0.39 is 5.60 Å². The smallest absolute Gasteiger partial charge is 0.410 e. The Kier molecular flexibility index (Phi) is 4.59. The van der Waals surface area contributed by atoms with Crippen molar-refractivity contribution in [1.82, 2.24) is 19.5 Å². The van der Waals surface area contributed by atoms with Gasteiger partial charge in [0.25, 0.3) is 0 Å². The maximum atomic E-state index is 12.2. The van der Waals surface area contributed by atoms with Crippen molar-refractivity contribution in [2.45, 2.75) is 32.8 Å². The molecule has 1 amide bonds. The third-order valence-corrected chi connectivity index (χ3v) is 4.54. The van der Waals surface area contributed by atoms with Gasteiger partial charge in [-0.2, -0.15) is 10.4 Å². The number of nitrogens with zero attached hydrogens (tertiary/aromatic N) is 5. The van der Waals surface area contributed by atoms with E-state index in [0.717, 1.165) is 11.3 Å². The van der Waals surface area contributed by atoms with Crippen LogP contribution in [0.1, 0.15) is 38.4 Å². The predicted molar refractivity (Wildman–Crippen MR) is 106 cm³/mol. The summed E-state index contributed by atoms with van der Waals surface area (Å²) >= 11 is 0. The molecule has 0 saturated carbocycles. The first-order valence-electron chi connectivity index (χ1n) is 9.36. The summed E-state index contributed by atoms with van der Waals surface area (Å²) in [6.45, 7) is 6.56. The fraction of sp³-hybridized carbons (Fsp3) is 0.333. The van der Waals surface area contributed by atoms with Crippen LogP contribution in [0.2, 0.25) is 0 Å². The molecule has 0 aromatic carbocycles. The molecule has 0 N–H and O–H groups in total. The molecular formula is C21H21N5O3. The molecule has 4 rings (SSSR count). The van der Waals surface area contributed by atoms with Gasteiger partial charge in [-0.05, 0) is 51.0 Å². The molecule has 3 aromatic rings. The lowest BCUT2D eigenvalue weighted by atomic mass is 10.0. The monoisotopic (exact) mass is 391 g/mol. The van der Waals surface area contributed by atoms with Crippen LogP contribution in [-0.4, -0.2) is 44.3 Å². The second-order valence-corrected chi connectivity index (χ2v) is 7.80. The first-order valence-corrected chi connectivity index (χ1v) is 9.36. The summed E-state index contributed by atoms with van der Waals surface area (Å²) in [7, 11) is 0. The highest BCUT2D eigenvalue weighted by Crippen LogP contribution is 2.27. The molecule has 4 heterocycles. The normalized spacial score (nSPS) is 14.6. The van der Waals surface area contributed by atoms with Crippen LogP contribution in [0.5, 0.6) is 0 Å². The lowest BCUT2D eigenvalue weighted by Crippen LogP contribution is -2.39. The van der Waals surface area contributed by atoms with Gasteiger partial charge in [0.15, 0.2) is 11.4 Å². The van der Waals surface area contributed by atoms with E-state index in [1.165, 1.54) is 0 Å². The molecule has 1 aliphatic rings. The average molecular weight is 391 g/mol. The number of aromatic nitrogens is 3. The van der Waals surface area contributed by atoms with Gasteiger partial charge >= 0.3 is 6.09 Å². The van der Waals surface area contributed by atoms with Gasteiger partial charge in [0.05, 0.1) is 12.0 Å². The molecule has 0 unspecified atom stereocenters. The fourth-order valence-corrected chi connectivity index (χ4v) is 3.19. The van der Waals surface area contributed by atoms with Crippen molar-refractivity contribution >= 4 is 17.3 Å². The molecule has 148 valence electrons. The Bertz CT molecular complexity index is 1130. The van der Waals surface area contributed by atoms with Crippen LogP contribution in [0.25, 0.3) is 22.7 Å². The van der Waals surface area contributed by atoms with Crippen molar-refractivity contribution in [3.63, 3.8) is 0 Å². The largest absolute Gasteiger partial charge is 0.463 e. The summed E-state index contributed by atoms with van der Waals surface area (Å²) in [6, 6.07) is 7.56. The quantitative estimate of drug-likeness (QED) is 0.657. The number of furan rings is 1. The number of nitriles is 1. The van der Waals surface area contributed by atoms with E-state index in [2.05, 4.69) is 16.2 Å². The van der Waals surface area contributed by atoms with Crippen molar-refractivity contribution < 1.29 is 13.9 Å². The van der Waals surface area contributed by atoms with Gasteiger partial charge in [-0.15, -0.1) is 0 Å². The van der Waals surface area contributed by atoms with Gasteiger partial charge in [0.1, 0.15) is 22.9 Å². The fourth-order valence-electron chi connectivity index (χ4n) is 3.19. The number of fused-ring (bicyclic) bond motifs is 1. The number of hydrogen-bond donors (Lipinski definition) is 0. The highest BCUT2D eigenvalue weighted by molar-refractivity contribution is 5.75. The summed E-state index contributed by atoms with van der Waals surface area (Å²) in [5, 5.41) is 14.1. The first kappa shape index (κ1) is 18.7. The van der Waals surface area contributed by atoms with E-state index >= 15 is 0 Å². The Labute approximate surface area is 168 Å². The molecule has 29 heavy (non-hydrogen) atoms. The Morgan fingerprint density at radius 2 is 2.17 bits per heavy atom. The molecule has 0 radical (unpaired) electrons. The van der Waals surface area contributed by atoms with Gasteiger partial charge in [-0.25, -0.2) is 14.3 Å². The van der Waals surface area contributed by atoms with E-state index in [1.807, 2.05) is 32.9 Å². The van der Waals surface area contributed by atoms with Crippen molar-refractivity contribution in [3.8, 4) is 17.5 Å². The van der Waals surface area contributed by atoms with Gasteiger partial charge in [0.2, 0.25) is 0 Å². The van der Waals surface area contributed by atoms with Crippen LogP contribution < -0.4 is 0 Å². The topological polar surface area (TPSA) is 96.7 Å². The molecule has 8 nitrogen and oxygen atoms in total. The SMILES string of the molecule is CC(C)(C)OC(=O)N1CC=C(c2ccn3nc(-c4ccco4)c(C#N)c3n2)CC1. The number of ether oxygens (including phenoxy) is 1. The molecule has 0 bridgehead atoms. The Morgan fingerprint density at radius 3 is 2.79 bits per heavy atom. The highest BCUT2D eigenvalue weighted by atomic mass is 16.6. The van der Waals surface area contributed by atoms with Crippen molar-refractivity contribution in [2.75, 3.05) is 13.1 Å². The number of amides is 1. The molecular weight excluding hydrogens is 370 g/mol. The number of hydrogen-bond acceptors (Lipinski definition) is 6. The Hall–Kier alpha value is -3.60. The summed E-state index contributed by atoms with van der Waals surface area (Å²) in [6.07, 6.45) is 5.64. The minimum atomic E-state index is -0.519. The summed E-state index contributed by atoms with van der Waals surface area (Å²) < 4.78 is 12.4. The average Bonchev–Trinajstić information content (AvgIpc) is 3.33.